The van der Waals surface area contributed by atoms with Crippen LogP contribution in [0.1, 0.15) is 0 Å². The Kier molecular flexibility index (Phi) is 3.33. The summed E-state index contributed by atoms with van der Waals surface area (Å²) in [5, 5.41) is 0. The van der Waals surface area contributed by atoms with Gasteiger partial charge in [0.15, 0.2) is 0 Å². The lowest BCUT2D eigenvalue weighted by Gasteiger charge is -1.99. The van der Waals surface area contributed by atoms with Crippen molar-refractivity contribution >= 4 is 44.4 Å². The molecule has 0 amide bonds. The highest BCUT2D eigenvalue weighted by Crippen LogP contribution is 2.11. The molecule has 0 spiro atoms. The average molecular weight is 318 g/mol. The maximum Gasteiger partial charge on any atom is 0.253 e. The van der Waals surface area contributed by atoms with Gasteiger partial charge >= 0.3 is 0 Å². The molecule has 0 bridgehead atoms. The zero-order valence-electron chi connectivity index (χ0n) is 5.79. The van der Waals surface area contributed by atoms with E-state index in [1.54, 1.807) is 16.4 Å². The van der Waals surface area contributed by atoms with Gasteiger partial charge < -0.3 is 0 Å². The van der Waals surface area contributed by atoms with E-state index in [2.05, 4.69) is 22.6 Å². The Morgan fingerprint density at radius 1 is 1.25 bits per heavy atom. The van der Waals surface area contributed by atoms with Crippen LogP contribution in [0.4, 0.5) is 0 Å². The summed E-state index contributed by atoms with van der Waals surface area (Å²) in [6, 6.07) is 6.38. The van der Waals surface area contributed by atoms with E-state index in [-0.39, 0.29) is 4.90 Å². The normalized spacial score (nSPS) is 11.5. The predicted molar refractivity (Wildman–Crippen MR) is 55.3 cm³/mol. The van der Waals surface area contributed by atoms with E-state index in [1.807, 2.05) is 0 Å². The molecule has 1 N–H and O–H groups in total. The zero-order chi connectivity index (χ0) is 9.19. The number of rotatable bonds is 2. The van der Waals surface area contributed by atoms with Crippen LogP contribution < -0.4 is 4.24 Å². The summed E-state index contributed by atoms with van der Waals surface area (Å²) in [6.07, 6.45) is 0. The van der Waals surface area contributed by atoms with Gasteiger partial charge in [0.05, 0.1) is 4.90 Å². The summed E-state index contributed by atoms with van der Waals surface area (Å²) < 4.78 is 24.8. The highest BCUT2D eigenvalue weighted by molar-refractivity contribution is 14.1. The summed E-state index contributed by atoms with van der Waals surface area (Å²) >= 11 is 7.12. The average Bonchev–Trinajstić information content (AvgIpc) is 2.05. The van der Waals surface area contributed by atoms with Crippen molar-refractivity contribution in [3.63, 3.8) is 0 Å². The molecule has 0 fully saturated rings. The van der Waals surface area contributed by atoms with Gasteiger partial charge in [-0.25, -0.2) is 8.42 Å². The number of hydrogen-bond donors (Lipinski definition) is 1. The Balaban J connectivity index is 3.14. The van der Waals surface area contributed by atoms with E-state index in [0.717, 1.165) is 3.57 Å². The van der Waals surface area contributed by atoms with Crippen molar-refractivity contribution in [1.29, 1.82) is 0 Å². The van der Waals surface area contributed by atoms with Crippen molar-refractivity contribution in [2.75, 3.05) is 0 Å². The summed E-state index contributed by atoms with van der Waals surface area (Å²) in [6.45, 7) is 0. The molecular formula is C6H5ClINO2S. The molecule has 6 heteroatoms. The minimum atomic E-state index is -3.50. The third-order valence-corrected chi connectivity index (χ3v) is 3.65. The molecule has 0 radical (unpaired) electrons. The highest BCUT2D eigenvalue weighted by atomic mass is 127. The minimum absolute atomic E-state index is 0.165. The van der Waals surface area contributed by atoms with Crippen LogP contribution in [0.3, 0.4) is 0 Å². The van der Waals surface area contributed by atoms with Gasteiger partial charge in [0.25, 0.3) is 10.0 Å². The fourth-order valence-electron chi connectivity index (χ4n) is 0.658. The number of benzene rings is 1. The second-order valence-electron chi connectivity index (χ2n) is 2.03. The molecule has 0 aliphatic rings. The Labute approximate surface area is 89.4 Å². The Morgan fingerprint density at radius 2 is 1.75 bits per heavy atom. The molecule has 0 aliphatic carbocycles. The van der Waals surface area contributed by atoms with Gasteiger partial charge in [-0.1, -0.05) is 0 Å². The smallest absolute Gasteiger partial charge is 0.206 e. The van der Waals surface area contributed by atoms with Crippen molar-refractivity contribution in [2.24, 2.45) is 0 Å². The molecule has 0 aliphatic heterocycles. The standard InChI is InChI=1S/C6H5ClINO2S/c7-9-12(10,11)6-3-1-5(8)2-4-6/h1-4,9H. The Morgan fingerprint density at radius 3 is 2.17 bits per heavy atom. The van der Waals surface area contributed by atoms with E-state index in [0.29, 0.717) is 0 Å². The first-order chi connectivity index (χ1) is 5.56. The molecule has 0 aromatic heterocycles. The lowest BCUT2D eigenvalue weighted by Crippen LogP contribution is -2.13. The fourth-order valence-corrected chi connectivity index (χ4v) is 1.87. The molecule has 0 saturated carbocycles. The summed E-state index contributed by atoms with van der Waals surface area (Å²) in [4.78, 5) is 0.165. The SMILES string of the molecule is O=S(=O)(NCl)c1ccc(I)cc1. The molecule has 0 heterocycles. The molecule has 0 saturated heterocycles. The van der Waals surface area contributed by atoms with Crippen molar-refractivity contribution in [3.05, 3.63) is 27.8 Å². The van der Waals surface area contributed by atoms with E-state index in [9.17, 15) is 8.42 Å². The van der Waals surface area contributed by atoms with Gasteiger partial charge in [0.2, 0.25) is 0 Å². The first kappa shape index (κ1) is 10.2. The van der Waals surface area contributed by atoms with Crippen LogP contribution in [0.25, 0.3) is 0 Å². The first-order valence-corrected chi connectivity index (χ1v) is 5.88. The van der Waals surface area contributed by atoms with Crippen LogP contribution >= 0.6 is 34.4 Å². The van der Waals surface area contributed by atoms with E-state index in [4.69, 9.17) is 11.8 Å². The Hall–Kier alpha value is 0.150. The van der Waals surface area contributed by atoms with Gasteiger partial charge in [0, 0.05) is 3.57 Å². The van der Waals surface area contributed by atoms with Crippen LogP contribution in [-0.2, 0) is 10.0 Å². The van der Waals surface area contributed by atoms with Gasteiger partial charge in [-0.15, -0.1) is 4.24 Å². The van der Waals surface area contributed by atoms with E-state index < -0.39 is 10.0 Å². The molecule has 0 atom stereocenters. The van der Waals surface area contributed by atoms with Gasteiger partial charge in [-0.05, 0) is 58.6 Å². The van der Waals surface area contributed by atoms with Crippen LogP contribution in [-0.4, -0.2) is 8.42 Å². The quantitative estimate of drug-likeness (QED) is 0.667. The topological polar surface area (TPSA) is 46.2 Å². The molecule has 3 nitrogen and oxygen atoms in total. The third-order valence-electron chi connectivity index (χ3n) is 1.23. The fraction of sp³-hybridized carbons (Fsp3) is 0. The lowest BCUT2D eigenvalue weighted by atomic mass is 10.4. The highest BCUT2D eigenvalue weighted by Gasteiger charge is 2.10. The number of halogens is 2. The molecule has 1 aromatic carbocycles. The number of hydrogen-bond acceptors (Lipinski definition) is 2. The Bertz CT molecular complexity index is 362. The van der Waals surface area contributed by atoms with Crippen LogP contribution in [0, 0.1) is 3.57 Å². The maximum absolute atomic E-state index is 11.1. The minimum Gasteiger partial charge on any atom is -0.206 e. The van der Waals surface area contributed by atoms with E-state index >= 15 is 0 Å². The monoisotopic (exact) mass is 317 g/mol. The van der Waals surface area contributed by atoms with Crippen LogP contribution in [0.5, 0.6) is 0 Å². The van der Waals surface area contributed by atoms with Gasteiger partial charge in [0.1, 0.15) is 0 Å². The summed E-state index contributed by atoms with van der Waals surface area (Å²) in [5.74, 6) is 0. The first-order valence-electron chi connectivity index (χ1n) is 2.94. The van der Waals surface area contributed by atoms with E-state index in [1.165, 1.54) is 12.1 Å². The zero-order valence-corrected chi connectivity index (χ0v) is 9.52. The maximum atomic E-state index is 11.1. The largest absolute Gasteiger partial charge is 0.253 e. The summed E-state index contributed by atoms with van der Waals surface area (Å²) in [5.41, 5.74) is 0. The predicted octanol–water partition coefficient (Wildman–Crippen LogP) is 1.72. The second kappa shape index (κ2) is 3.91. The molecule has 12 heavy (non-hydrogen) atoms. The molecular weight excluding hydrogens is 312 g/mol. The van der Waals surface area contributed by atoms with Crippen molar-refractivity contribution in [2.45, 2.75) is 4.90 Å². The molecule has 0 unspecified atom stereocenters. The number of sulfonamides is 1. The third kappa shape index (κ3) is 2.32. The van der Waals surface area contributed by atoms with Crippen molar-refractivity contribution in [1.82, 2.24) is 4.24 Å². The van der Waals surface area contributed by atoms with Gasteiger partial charge in [-0.2, -0.15) is 0 Å². The number of nitrogens with one attached hydrogen (secondary N) is 1. The van der Waals surface area contributed by atoms with Crippen molar-refractivity contribution in [3.8, 4) is 0 Å². The molecule has 1 aromatic rings. The van der Waals surface area contributed by atoms with Gasteiger partial charge in [-0.3, -0.25) is 0 Å². The lowest BCUT2D eigenvalue weighted by molar-refractivity contribution is 0.594. The second-order valence-corrected chi connectivity index (χ2v) is 5.38. The van der Waals surface area contributed by atoms with Crippen molar-refractivity contribution < 1.29 is 8.42 Å². The summed E-state index contributed by atoms with van der Waals surface area (Å²) in [7, 11) is -3.50. The van der Waals surface area contributed by atoms with Crippen LogP contribution in [0.15, 0.2) is 29.2 Å². The molecule has 1 rings (SSSR count). The molecule has 66 valence electrons. The van der Waals surface area contributed by atoms with Crippen LogP contribution in [0.2, 0.25) is 0 Å².